The van der Waals surface area contributed by atoms with Crippen molar-refractivity contribution in [2.24, 2.45) is 5.92 Å². The Hall–Kier alpha value is -1.09. The van der Waals surface area contributed by atoms with Gasteiger partial charge in [-0.3, -0.25) is 0 Å². The third-order valence-electron chi connectivity index (χ3n) is 4.27. The van der Waals surface area contributed by atoms with Gasteiger partial charge in [0.25, 0.3) is 0 Å². The van der Waals surface area contributed by atoms with E-state index in [0.29, 0.717) is 12.0 Å². The van der Waals surface area contributed by atoms with Crippen molar-refractivity contribution >= 4 is 5.69 Å². The predicted molar refractivity (Wildman–Crippen MR) is 79.2 cm³/mol. The summed E-state index contributed by atoms with van der Waals surface area (Å²) in [6.45, 7) is 9.61. The van der Waals surface area contributed by atoms with Crippen LogP contribution in [0.5, 0.6) is 0 Å². The third kappa shape index (κ3) is 3.47. The Kier molecular flexibility index (Phi) is 4.81. The predicted octanol–water partition coefficient (Wildman–Crippen LogP) is 3.35. The molecule has 0 radical (unpaired) electrons. The quantitative estimate of drug-likeness (QED) is 0.900. The second-order valence-electron chi connectivity index (χ2n) is 5.68. The third-order valence-corrected chi connectivity index (χ3v) is 4.27. The zero-order valence-electron chi connectivity index (χ0n) is 12.2. The van der Waals surface area contributed by atoms with Crippen LogP contribution >= 0.6 is 0 Å². The summed E-state index contributed by atoms with van der Waals surface area (Å²) in [7, 11) is 0. The minimum atomic E-state index is -0.141. The van der Waals surface area contributed by atoms with Crippen molar-refractivity contribution in [3.05, 3.63) is 29.6 Å². The maximum Gasteiger partial charge on any atom is 0.125 e. The number of anilines is 1. The molecule has 1 fully saturated rings. The van der Waals surface area contributed by atoms with Crippen LogP contribution in [0, 0.1) is 18.7 Å². The van der Waals surface area contributed by atoms with E-state index < -0.39 is 0 Å². The first-order valence-corrected chi connectivity index (χ1v) is 7.36. The lowest BCUT2D eigenvalue weighted by atomic mass is 9.98. The minimum Gasteiger partial charge on any atom is -0.370 e. The molecule has 0 amide bonds. The van der Waals surface area contributed by atoms with Crippen LogP contribution in [0.15, 0.2) is 18.2 Å². The fourth-order valence-corrected chi connectivity index (χ4v) is 2.76. The standard InChI is InChI=1S/C16H25FN2/c1-4-12(2)15-11-19(9-5-8-18-15)16-10-14(17)7-6-13(16)3/h6-7,10,12,15,18H,4-5,8-9,11H2,1-3H3. The van der Waals surface area contributed by atoms with Gasteiger partial charge in [-0.25, -0.2) is 4.39 Å². The van der Waals surface area contributed by atoms with Gasteiger partial charge in [0.15, 0.2) is 0 Å². The number of aryl methyl sites for hydroxylation is 1. The number of nitrogens with one attached hydrogen (secondary N) is 1. The molecule has 0 saturated carbocycles. The van der Waals surface area contributed by atoms with Gasteiger partial charge in [-0.1, -0.05) is 26.3 Å². The molecule has 1 aromatic carbocycles. The largest absolute Gasteiger partial charge is 0.370 e. The molecule has 2 unspecified atom stereocenters. The molecule has 106 valence electrons. The smallest absolute Gasteiger partial charge is 0.125 e. The number of rotatable bonds is 3. The highest BCUT2D eigenvalue weighted by Crippen LogP contribution is 2.24. The maximum absolute atomic E-state index is 13.5. The monoisotopic (exact) mass is 264 g/mol. The summed E-state index contributed by atoms with van der Waals surface area (Å²) >= 11 is 0. The van der Waals surface area contributed by atoms with Crippen LogP contribution in [-0.4, -0.2) is 25.7 Å². The average Bonchev–Trinajstić information content (AvgIpc) is 2.66. The normalized spacial score (nSPS) is 22.1. The van der Waals surface area contributed by atoms with Crippen LogP contribution in [0.1, 0.15) is 32.3 Å². The molecule has 1 N–H and O–H groups in total. The molecule has 1 aliphatic rings. The second kappa shape index (κ2) is 6.38. The summed E-state index contributed by atoms with van der Waals surface area (Å²) in [5.41, 5.74) is 2.21. The molecule has 0 bridgehead atoms. The van der Waals surface area contributed by atoms with Gasteiger partial charge in [-0.15, -0.1) is 0 Å². The van der Waals surface area contributed by atoms with Crippen molar-refractivity contribution in [1.82, 2.24) is 5.32 Å². The molecular formula is C16H25FN2. The zero-order valence-corrected chi connectivity index (χ0v) is 12.2. The van der Waals surface area contributed by atoms with Gasteiger partial charge >= 0.3 is 0 Å². The van der Waals surface area contributed by atoms with Crippen LogP contribution in [0.4, 0.5) is 10.1 Å². The van der Waals surface area contributed by atoms with E-state index in [4.69, 9.17) is 0 Å². The van der Waals surface area contributed by atoms with Crippen LogP contribution in [-0.2, 0) is 0 Å². The summed E-state index contributed by atoms with van der Waals surface area (Å²) < 4.78 is 13.5. The molecule has 1 saturated heterocycles. The molecule has 1 heterocycles. The van der Waals surface area contributed by atoms with Crippen molar-refractivity contribution in [2.45, 2.75) is 39.7 Å². The van der Waals surface area contributed by atoms with Crippen molar-refractivity contribution in [1.29, 1.82) is 0 Å². The molecule has 2 atom stereocenters. The number of hydrogen-bond acceptors (Lipinski definition) is 2. The van der Waals surface area contributed by atoms with Crippen LogP contribution in [0.3, 0.4) is 0 Å². The maximum atomic E-state index is 13.5. The van der Waals surface area contributed by atoms with Gasteiger partial charge in [0.2, 0.25) is 0 Å². The van der Waals surface area contributed by atoms with E-state index in [1.807, 2.05) is 6.07 Å². The second-order valence-corrected chi connectivity index (χ2v) is 5.68. The molecule has 1 aromatic rings. The summed E-state index contributed by atoms with van der Waals surface area (Å²) in [6.07, 6.45) is 2.29. The highest BCUT2D eigenvalue weighted by atomic mass is 19.1. The summed E-state index contributed by atoms with van der Waals surface area (Å²) in [4.78, 5) is 2.34. The van der Waals surface area contributed by atoms with Gasteiger partial charge in [0, 0.05) is 24.8 Å². The van der Waals surface area contributed by atoms with E-state index in [2.05, 4.69) is 31.0 Å². The van der Waals surface area contributed by atoms with Crippen LogP contribution < -0.4 is 10.2 Å². The highest BCUT2D eigenvalue weighted by Gasteiger charge is 2.22. The van der Waals surface area contributed by atoms with Crippen LogP contribution in [0.2, 0.25) is 0 Å². The Bertz CT molecular complexity index is 419. The van der Waals surface area contributed by atoms with E-state index in [-0.39, 0.29) is 5.82 Å². The fourth-order valence-electron chi connectivity index (χ4n) is 2.76. The molecule has 1 aliphatic heterocycles. The average molecular weight is 264 g/mol. The first-order valence-electron chi connectivity index (χ1n) is 7.36. The lowest BCUT2D eigenvalue weighted by molar-refractivity contribution is 0.384. The number of nitrogens with zero attached hydrogens (tertiary/aromatic N) is 1. The SMILES string of the molecule is CCC(C)C1CN(c2cc(F)ccc2C)CCCN1. The summed E-state index contributed by atoms with van der Waals surface area (Å²) in [5.74, 6) is 0.507. The molecule has 3 heteroatoms. The topological polar surface area (TPSA) is 15.3 Å². The van der Waals surface area contributed by atoms with Gasteiger partial charge < -0.3 is 10.2 Å². The Morgan fingerprint density at radius 3 is 3.00 bits per heavy atom. The zero-order chi connectivity index (χ0) is 13.8. The number of benzene rings is 1. The molecule has 2 nitrogen and oxygen atoms in total. The van der Waals surface area contributed by atoms with Crippen molar-refractivity contribution in [2.75, 3.05) is 24.5 Å². The molecule has 2 rings (SSSR count). The van der Waals surface area contributed by atoms with E-state index >= 15 is 0 Å². The van der Waals surface area contributed by atoms with Crippen LogP contribution in [0.25, 0.3) is 0 Å². The summed E-state index contributed by atoms with van der Waals surface area (Å²) in [5, 5.41) is 3.63. The lowest BCUT2D eigenvalue weighted by Crippen LogP contribution is -2.42. The van der Waals surface area contributed by atoms with Gasteiger partial charge in [-0.05, 0) is 43.5 Å². The van der Waals surface area contributed by atoms with E-state index in [1.54, 1.807) is 12.1 Å². The Labute approximate surface area is 116 Å². The Balaban J connectivity index is 2.20. The minimum absolute atomic E-state index is 0.141. The molecule has 0 aromatic heterocycles. The molecule has 0 aliphatic carbocycles. The van der Waals surface area contributed by atoms with E-state index in [9.17, 15) is 4.39 Å². The molecule has 0 spiro atoms. The summed E-state index contributed by atoms with van der Waals surface area (Å²) in [6, 6.07) is 5.59. The van der Waals surface area contributed by atoms with Crippen molar-refractivity contribution in [3.63, 3.8) is 0 Å². The molecule has 19 heavy (non-hydrogen) atoms. The fraction of sp³-hybridized carbons (Fsp3) is 0.625. The first-order chi connectivity index (χ1) is 9.11. The first kappa shape index (κ1) is 14.3. The number of halogens is 1. The van der Waals surface area contributed by atoms with Crippen molar-refractivity contribution < 1.29 is 4.39 Å². The lowest BCUT2D eigenvalue weighted by Gasteiger charge is -2.30. The van der Waals surface area contributed by atoms with Gasteiger partial charge in [-0.2, -0.15) is 0 Å². The Morgan fingerprint density at radius 1 is 1.47 bits per heavy atom. The number of hydrogen-bond donors (Lipinski definition) is 1. The van der Waals surface area contributed by atoms with E-state index in [1.165, 1.54) is 6.42 Å². The Morgan fingerprint density at radius 2 is 2.26 bits per heavy atom. The van der Waals surface area contributed by atoms with Gasteiger partial charge in [0.1, 0.15) is 5.82 Å². The molecular weight excluding hydrogens is 239 g/mol. The van der Waals surface area contributed by atoms with E-state index in [0.717, 1.165) is 37.3 Å². The van der Waals surface area contributed by atoms with Crippen molar-refractivity contribution in [3.8, 4) is 0 Å². The highest BCUT2D eigenvalue weighted by molar-refractivity contribution is 5.53. The van der Waals surface area contributed by atoms with Gasteiger partial charge in [0.05, 0.1) is 0 Å².